The molecule has 0 saturated heterocycles. The van der Waals surface area contributed by atoms with Crippen LogP contribution in [-0.2, 0) is 22.7 Å². The highest BCUT2D eigenvalue weighted by molar-refractivity contribution is 6.35. The number of ether oxygens (including phenoxy) is 1. The van der Waals surface area contributed by atoms with Crippen molar-refractivity contribution in [2.45, 2.75) is 26.1 Å². The molecular weight excluding hydrogens is 447 g/mol. The lowest BCUT2D eigenvalue weighted by Crippen LogP contribution is -2.42. The van der Waals surface area contributed by atoms with E-state index in [4.69, 9.17) is 27.9 Å². The number of benzene rings is 3. The Morgan fingerprint density at radius 3 is 2.28 bits per heavy atom. The van der Waals surface area contributed by atoms with Crippen LogP contribution in [-0.4, -0.2) is 23.8 Å². The molecule has 5 nitrogen and oxygen atoms in total. The highest BCUT2D eigenvalue weighted by Gasteiger charge is 2.29. The topological polar surface area (TPSA) is 58.6 Å². The number of hydrogen-bond donors (Lipinski definition) is 1. The van der Waals surface area contributed by atoms with E-state index in [1.165, 1.54) is 6.92 Å². The third kappa shape index (κ3) is 6.02. The van der Waals surface area contributed by atoms with Gasteiger partial charge in [0, 0.05) is 30.1 Å². The molecule has 0 saturated carbocycles. The van der Waals surface area contributed by atoms with Crippen molar-refractivity contribution in [3.63, 3.8) is 0 Å². The summed E-state index contributed by atoms with van der Waals surface area (Å²) in [6, 6.07) is 20.9. The molecule has 0 aliphatic carbocycles. The number of halogens is 2. The molecule has 0 aromatic heterocycles. The summed E-state index contributed by atoms with van der Waals surface area (Å²) in [4.78, 5) is 27.5. The first kappa shape index (κ1) is 23.6. The van der Waals surface area contributed by atoms with Crippen molar-refractivity contribution in [2.24, 2.45) is 0 Å². The van der Waals surface area contributed by atoms with E-state index in [0.717, 1.165) is 22.4 Å². The van der Waals surface area contributed by atoms with Gasteiger partial charge in [-0.3, -0.25) is 9.59 Å². The van der Waals surface area contributed by atoms with Crippen molar-refractivity contribution in [1.29, 1.82) is 0 Å². The quantitative estimate of drug-likeness (QED) is 0.478. The summed E-state index contributed by atoms with van der Waals surface area (Å²) in [5.74, 6) is 0.209. The fourth-order valence-corrected chi connectivity index (χ4v) is 3.84. The van der Waals surface area contributed by atoms with Crippen LogP contribution < -0.4 is 10.1 Å². The molecule has 3 aromatic rings. The zero-order valence-corrected chi connectivity index (χ0v) is 19.4. The van der Waals surface area contributed by atoms with E-state index in [9.17, 15) is 9.59 Å². The first-order valence-electron chi connectivity index (χ1n) is 10.1. The molecule has 32 heavy (non-hydrogen) atoms. The molecule has 0 aliphatic rings. The van der Waals surface area contributed by atoms with E-state index in [1.54, 1.807) is 30.2 Å². The maximum Gasteiger partial charge on any atom is 0.247 e. The summed E-state index contributed by atoms with van der Waals surface area (Å²) in [5.41, 5.74) is 2.34. The van der Waals surface area contributed by atoms with Crippen LogP contribution in [0.3, 0.4) is 0 Å². The van der Waals surface area contributed by atoms with Gasteiger partial charge in [-0.15, -0.1) is 0 Å². The summed E-state index contributed by atoms with van der Waals surface area (Å²) in [7, 11) is 1.60. The van der Waals surface area contributed by atoms with Crippen molar-refractivity contribution in [1.82, 2.24) is 10.2 Å². The molecule has 2 amide bonds. The Balaban J connectivity index is 1.87. The highest BCUT2D eigenvalue weighted by atomic mass is 35.5. The van der Waals surface area contributed by atoms with Gasteiger partial charge >= 0.3 is 0 Å². The standard InChI is InChI=1S/C25H24Cl2N2O3/c1-17(30)29(16-18-8-12-22(32-2)13-9-18)24(19-6-4-3-5-7-19)25(31)28-15-20-10-11-21(26)14-23(20)27/h3-14,24H,15-16H2,1-2H3,(H,28,31). The second-order valence-corrected chi connectivity index (χ2v) is 8.11. The van der Waals surface area contributed by atoms with Gasteiger partial charge in [0.15, 0.2) is 0 Å². The number of hydrogen-bond acceptors (Lipinski definition) is 3. The van der Waals surface area contributed by atoms with Crippen molar-refractivity contribution in [3.05, 3.63) is 99.5 Å². The molecule has 0 aliphatic heterocycles. The molecule has 0 fully saturated rings. The molecule has 0 bridgehead atoms. The van der Waals surface area contributed by atoms with E-state index in [1.807, 2.05) is 54.6 Å². The normalized spacial score (nSPS) is 11.5. The monoisotopic (exact) mass is 470 g/mol. The van der Waals surface area contributed by atoms with E-state index in [-0.39, 0.29) is 24.9 Å². The minimum Gasteiger partial charge on any atom is -0.497 e. The van der Waals surface area contributed by atoms with E-state index >= 15 is 0 Å². The van der Waals surface area contributed by atoms with Crippen molar-refractivity contribution in [3.8, 4) is 5.75 Å². The Labute approximate surface area is 197 Å². The van der Waals surface area contributed by atoms with Crippen LogP contribution in [0.4, 0.5) is 0 Å². The predicted octanol–water partition coefficient (Wildman–Crippen LogP) is 5.41. The summed E-state index contributed by atoms with van der Waals surface area (Å²) in [5, 5.41) is 3.91. The number of nitrogens with one attached hydrogen (secondary N) is 1. The fraction of sp³-hybridized carbons (Fsp3) is 0.200. The van der Waals surface area contributed by atoms with E-state index in [2.05, 4.69) is 5.32 Å². The minimum atomic E-state index is -0.804. The van der Waals surface area contributed by atoms with Crippen LogP contribution >= 0.6 is 23.2 Å². The summed E-state index contributed by atoms with van der Waals surface area (Å²) < 4.78 is 5.20. The second-order valence-electron chi connectivity index (χ2n) is 7.26. The van der Waals surface area contributed by atoms with Gasteiger partial charge in [-0.1, -0.05) is 71.7 Å². The fourth-order valence-electron chi connectivity index (χ4n) is 3.36. The number of carbonyl (C=O) groups is 2. The van der Waals surface area contributed by atoms with Gasteiger partial charge in [0.1, 0.15) is 11.8 Å². The number of carbonyl (C=O) groups excluding carboxylic acids is 2. The Morgan fingerprint density at radius 1 is 1.00 bits per heavy atom. The maximum absolute atomic E-state index is 13.3. The van der Waals surface area contributed by atoms with Crippen molar-refractivity contribution in [2.75, 3.05) is 7.11 Å². The minimum absolute atomic E-state index is 0.214. The molecule has 1 N–H and O–H groups in total. The Kier molecular flexibility index (Phi) is 8.14. The predicted molar refractivity (Wildman–Crippen MR) is 127 cm³/mol. The lowest BCUT2D eigenvalue weighted by atomic mass is 10.0. The van der Waals surface area contributed by atoms with E-state index < -0.39 is 6.04 Å². The zero-order valence-electron chi connectivity index (χ0n) is 17.8. The molecule has 3 aromatic carbocycles. The first-order chi connectivity index (χ1) is 15.4. The third-order valence-electron chi connectivity index (χ3n) is 5.06. The van der Waals surface area contributed by atoms with Crippen LogP contribution in [0.25, 0.3) is 0 Å². The Morgan fingerprint density at radius 2 is 1.69 bits per heavy atom. The third-order valence-corrected chi connectivity index (χ3v) is 5.65. The molecule has 7 heteroatoms. The number of nitrogens with zero attached hydrogens (tertiary/aromatic N) is 1. The van der Waals surface area contributed by atoms with Gasteiger partial charge in [-0.2, -0.15) is 0 Å². The van der Waals surface area contributed by atoms with Crippen molar-refractivity contribution >= 4 is 35.0 Å². The smallest absolute Gasteiger partial charge is 0.247 e. The Bertz CT molecular complexity index is 1070. The molecule has 1 unspecified atom stereocenters. The SMILES string of the molecule is COc1ccc(CN(C(C)=O)C(C(=O)NCc2ccc(Cl)cc2Cl)c2ccccc2)cc1. The molecule has 166 valence electrons. The largest absolute Gasteiger partial charge is 0.497 e. The summed E-state index contributed by atoms with van der Waals surface area (Å²) in [6.45, 7) is 1.95. The molecular formula is C25H24Cl2N2O3. The second kappa shape index (κ2) is 11.0. The van der Waals surface area contributed by atoms with Crippen LogP contribution in [0.2, 0.25) is 10.0 Å². The van der Waals surface area contributed by atoms with Gasteiger partial charge < -0.3 is 15.0 Å². The number of methoxy groups -OCH3 is 1. The van der Waals surface area contributed by atoms with Crippen molar-refractivity contribution < 1.29 is 14.3 Å². The lowest BCUT2D eigenvalue weighted by Gasteiger charge is -2.30. The molecule has 3 rings (SSSR count). The van der Waals surface area contributed by atoms with Crippen LogP contribution in [0.5, 0.6) is 5.75 Å². The van der Waals surface area contributed by atoms with Gasteiger partial charge in [0.2, 0.25) is 11.8 Å². The average molecular weight is 471 g/mol. The van der Waals surface area contributed by atoms with Crippen LogP contribution in [0.15, 0.2) is 72.8 Å². The van der Waals surface area contributed by atoms with Crippen LogP contribution in [0.1, 0.15) is 29.7 Å². The maximum atomic E-state index is 13.3. The first-order valence-corrected chi connectivity index (χ1v) is 10.8. The Hall–Kier alpha value is -3.02. The van der Waals surface area contributed by atoms with E-state index in [0.29, 0.717) is 10.0 Å². The average Bonchev–Trinajstić information content (AvgIpc) is 2.79. The molecule has 0 heterocycles. The summed E-state index contributed by atoms with van der Waals surface area (Å²) in [6.07, 6.45) is 0. The number of amides is 2. The molecule has 1 atom stereocenters. The lowest BCUT2D eigenvalue weighted by molar-refractivity contribution is -0.140. The summed E-state index contributed by atoms with van der Waals surface area (Å²) >= 11 is 12.2. The molecule has 0 radical (unpaired) electrons. The van der Waals surface area contributed by atoms with Gasteiger partial charge in [-0.05, 0) is 41.0 Å². The van der Waals surface area contributed by atoms with Gasteiger partial charge in [0.05, 0.1) is 7.11 Å². The van der Waals surface area contributed by atoms with Gasteiger partial charge in [0.25, 0.3) is 0 Å². The van der Waals surface area contributed by atoms with Gasteiger partial charge in [-0.25, -0.2) is 0 Å². The number of rotatable bonds is 8. The van der Waals surface area contributed by atoms with Crippen LogP contribution in [0, 0.1) is 0 Å². The highest BCUT2D eigenvalue weighted by Crippen LogP contribution is 2.26. The molecule has 0 spiro atoms. The zero-order chi connectivity index (χ0) is 23.1.